The predicted molar refractivity (Wildman–Crippen MR) is 97.4 cm³/mol. The predicted octanol–water partition coefficient (Wildman–Crippen LogP) is 2.99. The number of nitrogens with zero attached hydrogens (tertiary/aromatic N) is 3. The quantitative estimate of drug-likeness (QED) is 0.884. The van der Waals surface area contributed by atoms with Crippen molar-refractivity contribution in [2.45, 2.75) is 38.1 Å². The minimum atomic E-state index is 0.288. The number of piperidine rings is 1. The smallest absolute Gasteiger partial charge is 0.147 e. The zero-order valence-electron chi connectivity index (χ0n) is 14.5. The van der Waals surface area contributed by atoms with E-state index in [9.17, 15) is 5.11 Å². The van der Waals surface area contributed by atoms with E-state index in [1.807, 2.05) is 25.1 Å². The van der Waals surface area contributed by atoms with Crippen LogP contribution in [0, 0.1) is 0 Å². The molecule has 2 N–H and O–H groups in total. The van der Waals surface area contributed by atoms with Gasteiger partial charge in [0.2, 0.25) is 0 Å². The van der Waals surface area contributed by atoms with E-state index in [-0.39, 0.29) is 5.75 Å². The summed E-state index contributed by atoms with van der Waals surface area (Å²) in [6.45, 7) is 1.13. The molecule has 0 amide bonds. The number of nitrogens with one attached hydrogen (secondary N) is 1. The van der Waals surface area contributed by atoms with Crippen LogP contribution in [0.4, 0.5) is 5.82 Å². The summed E-state index contributed by atoms with van der Waals surface area (Å²) in [7, 11) is 3.89. The second-order valence-electron chi connectivity index (χ2n) is 6.73. The molecule has 1 aliphatic rings. The summed E-state index contributed by atoms with van der Waals surface area (Å²) in [5.74, 6) is 1.10. The standard InChI is InChI=1S/C19H26N4O/c1-23(2)19-13-20-12-18(22-19)15-9-14(10-17(24)11-15)6-7-16-5-3-4-8-21-16/h9-13,16,21,24H,3-8H2,1-2H3/t16-/m0/s1. The van der Waals surface area contributed by atoms with E-state index in [2.05, 4.69) is 21.4 Å². The third-order valence-electron chi connectivity index (χ3n) is 4.55. The number of phenolic OH excluding ortho intramolecular Hbond substituents is 1. The summed E-state index contributed by atoms with van der Waals surface area (Å²) in [4.78, 5) is 10.8. The van der Waals surface area contributed by atoms with E-state index >= 15 is 0 Å². The Hall–Kier alpha value is -2.14. The molecular formula is C19H26N4O. The van der Waals surface area contributed by atoms with Crippen LogP contribution in [0.15, 0.2) is 30.6 Å². The fourth-order valence-corrected chi connectivity index (χ4v) is 3.19. The zero-order valence-corrected chi connectivity index (χ0v) is 14.5. The number of aromatic nitrogens is 2. The van der Waals surface area contributed by atoms with Crippen molar-refractivity contribution in [2.75, 3.05) is 25.5 Å². The van der Waals surface area contributed by atoms with Crippen molar-refractivity contribution >= 4 is 5.82 Å². The summed E-state index contributed by atoms with van der Waals surface area (Å²) in [6, 6.07) is 6.33. The third-order valence-corrected chi connectivity index (χ3v) is 4.55. The first-order valence-corrected chi connectivity index (χ1v) is 8.68. The Morgan fingerprint density at radius 3 is 2.83 bits per heavy atom. The van der Waals surface area contributed by atoms with Crippen LogP contribution in [0.5, 0.6) is 5.75 Å². The monoisotopic (exact) mass is 326 g/mol. The molecule has 0 spiro atoms. The molecule has 24 heavy (non-hydrogen) atoms. The summed E-state index contributed by atoms with van der Waals surface area (Å²) >= 11 is 0. The Labute approximate surface area is 143 Å². The fourth-order valence-electron chi connectivity index (χ4n) is 3.19. The summed E-state index contributed by atoms with van der Waals surface area (Å²) in [6.07, 6.45) is 9.40. The molecular weight excluding hydrogens is 300 g/mol. The van der Waals surface area contributed by atoms with Gasteiger partial charge in [-0.1, -0.05) is 6.42 Å². The topological polar surface area (TPSA) is 61.3 Å². The fraction of sp³-hybridized carbons (Fsp3) is 0.474. The van der Waals surface area contributed by atoms with Crippen LogP contribution in [0.25, 0.3) is 11.3 Å². The lowest BCUT2D eigenvalue weighted by Crippen LogP contribution is -2.34. The van der Waals surface area contributed by atoms with Crippen molar-refractivity contribution in [3.8, 4) is 17.0 Å². The van der Waals surface area contributed by atoms with Crippen molar-refractivity contribution in [3.05, 3.63) is 36.2 Å². The number of benzene rings is 1. The van der Waals surface area contributed by atoms with Crippen LogP contribution in [0.1, 0.15) is 31.2 Å². The molecule has 0 saturated carbocycles. The van der Waals surface area contributed by atoms with Crippen molar-refractivity contribution in [1.29, 1.82) is 0 Å². The first kappa shape index (κ1) is 16.7. The largest absolute Gasteiger partial charge is 0.508 e. The number of hydrogen-bond donors (Lipinski definition) is 2. The van der Waals surface area contributed by atoms with Crippen molar-refractivity contribution in [2.24, 2.45) is 0 Å². The number of hydrogen-bond acceptors (Lipinski definition) is 5. The van der Waals surface area contributed by atoms with Gasteiger partial charge in [0.15, 0.2) is 0 Å². The Morgan fingerprint density at radius 1 is 1.21 bits per heavy atom. The van der Waals surface area contributed by atoms with Gasteiger partial charge < -0.3 is 15.3 Å². The van der Waals surface area contributed by atoms with Crippen LogP contribution in [0.3, 0.4) is 0 Å². The van der Waals surface area contributed by atoms with Gasteiger partial charge in [0.1, 0.15) is 11.6 Å². The molecule has 1 aromatic heterocycles. The van der Waals surface area contributed by atoms with Crippen LogP contribution < -0.4 is 10.2 Å². The second-order valence-corrected chi connectivity index (χ2v) is 6.73. The first-order valence-electron chi connectivity index (χ1n) is 8.68. The average Bonchev–Trinajstić information content (AvgIpc) is 2.60. The number of anilines is 1. The first-order chi connectivity index (χ1) is 11.6. The molecule has 1 aliphatic heterocycles. The average molecular weight is 326 g/mol. The van der Waals surface area contributed by atoms with E-state index in [0.29, 0.717) is 6.04 Å². The minimum Gasteiger partial charge on any atom is -0.508 e. The van der Waals surface area contributed by atoms with Gasteiger partial charge in [-0.2, -0.15) is 0 Å². The normalized spacial score (nSPS) is 17.7. The lowest BCUT2D eigenvalue weighted by Gasteiger charge is -2.23. The van der Waals surface area contributed by atoms with Crippen molar-refractivity contribution in [3.63, 3.8) is 0 Å². The minimum absolute atomic E-state index is 0.288. The molecule has 1 atom stereocenters. The molecule has 0 bridgehead atoms. The number of aryl methyl sites for hydroxylation is 1. The van der Waals surface area contributed by atoms with Gasteiger partial charge in [0.05, 0.1) is 18.1 Å². The maximum atomic E-state index is 10.1. The highest BCUT2D eigenvalue weighted by Gasteiger charge is 2.13. The van der Waals surface area contributed by atoms with Gasteiger partial charge >= 0.3 is 0 Å². The van der Waals surface area contributed by atoms with E-state index in [0.717, 1.165) is 42.0 Å². The zero-order chi connectivity index (χ0) is 16.9. The number of phenols is 1. The molecule has 0 radical (unpaired) electrons. The molecule has 2 aromatic rings. The molecule has 0 unspecified atom stereocenters. The molecule has 5 nitrogen and oxygen atoms in total. The summed E-state index contributed by atoms with van der Waals surface area (Å²) < 4.78 is 0. The molecule has 128 valence electrons. The highest BCUT2D eigenvalue weighted by molar-refractivity contribution is 5.63. The summed E-state index contributed by atoms with van der Waals surface area (Å²) in [5, 5.41) is 13.7. The highest BCUT2D eigenvalue weighted by Crippen LogP contribution is 2.26. The Kier molecular flexibility index (Phi) is 5.30. The van der Waals surface area contributed by atoms with Gasteiger partial charge in [-0.05, 0) is 56.0 Å². The van der Waals surface area contributed by atoms with E-state index in [1.165, 1.54) is 19.3 Å². The molecule has 1 aromatic carbocycles. The molecule has 1 fully saturated rings. The maximum Gasteiger partial charge on any atom is 0.147 e. The molecule has 3 rings (SSSR count). The van der Waals surface area contributed by atoms with Gasteiger partial charge in [0.25, 0.3) is 0 Å². The van der Waals surface area contributed by atoms with Gasteiger partial charge in [-0.3, -0.25) is 4.98 Å². The molecule has 2 heterocycles. The second kappa shape index (κ2) is 7.62. The SMILES string of the molecule is CN(C)c1cncc(-c2cc(O)cc(CC[C@@H]3CCCCN3)c2)n1. The lowest BCUT2D eigenvalue weighted by atomic mass is 9.97. The van der Waals surface area contributed by atoms with E-state index in [4.69, 9.17) is 0 Å². The van der Waals surface area contributed by atoms with Gasteiger partial charge in [-0.25, -0.2) is 4.98 Å². The maximum absolute atomic E-state index is 10.1. The van der Waals surface area contributed by atoms with Crippen LogP contribution in [-0.2, 0) is 6.42 Å². The van der Waals surface area contributed by atoms with Crippen LogP contribution in [0.2, 0.25) is 0 Å². The van der Waals surface area contributed by atoms with E-state index in [1.54, 1.807) is 18.5 Å². The van der Waals surface area contributed by atoms with Gasteiger partial charge in [0, 0.05) is 25.7 Å². The lowest BCUT2D eigenvalue weighted by molar-refractivity contribution is 0.382. The van der Waals surface area contributed by atoms with E-state index < -0.39 is 0 Å². The number of rotatable bonds is 5. The van der Waals surface area contributed by atoms with Crippen molar-refractivity contribution in [1.82, 2.24) is 15.3 Å². The Morgan fingerprint density at radius 2 is 2.08 bits per heavy atom. The third kappa shape index (κ3) is 4.23. The molecule has 0 aliphatic carbocycles. The van der Waals surface area contributed by atoms with Crippen molar-refractivity contribution < 1.29 is 5.11 Å². The van der Waals surface area contributed by atoms with Gasteiger partial charge in [-0.15, -0.1) is 0 Å². The Balaban J connectivity index is 1.77. The molecule has 1 saturated heterocycles. The summed E-state index contributed by atoms with van der Waals surface area (Å²) in [5.41, 5.74) is 2.85. The number of aromatic hydroxyl groups is 1. The molecule has 5 heteroatoms. The van der Waals surface area contributed by atoms with Crippen LogP contribution >= 0.6 is 0 Å². The highest BCUT2D eigenvalue weighted by atomic mass is 16.3. The van der Waals surface area contributed by atoms with Crippen LogP contribution in [-0.4, -0.2) is 41.8 Å². The Bertz CT molecular complexity index is 681.